The standard InChI is InChI=1S/C20H21ClN2O5S/c1-28-20(25)15-7-3-4-8-18(15)22-19(24)16-13-14(9-10-17(16)21)29(26,27)23-11-5-2-6-12-23/h3-4,7-10,13H,2,5-6,11-12H2,1H3,(H,22,24). The summed E-state index contributed by atoms with van der Waals surface area (Å²) in [6, 6.07) is 10.4. The quantitative estimate of drug-likeness (QED) is 0.723. The lowest BCUT2D eigenvalue weighted by atomic mass is 10.1. The number of nitrogens with zero attached hydrogens (tertiary/aromatic N) is 1. The van der Waals surface area contributed by atoms with E-state index < -0.39 is 21.9 Å². The second-order valence-corrected chi connectivity index (χ2v) is 8.94. The largest absolute Gasteiger partial charge is 0.465 e. The molecule has 7 nitrogen and oxygen atoms in total. The van der Waals surface area contributed by atoms with Crippen LogP contribution < -0.4 is 5.32 Å². The fraction of sp³-hybridized carbons (Fsp3) is 0.300. The van der Waals surface area contributed by atoms with E-state index in [1.165, 1.54) is 35.7 Å². The highest BCUT2D eigenvalue weighted by Crippen LogP contribution is 2.26. The van der Waals surface area contributed by atoms with Crippen molar-refractivity contribution in [3.8, 4) is 0 Å². The molecule has 29 heavy (non-hydrogen) atoms. The number of methoxy groups -OCH3 is 1. The average molecular weight is 437 g/mol. The Morgan fingerprint density at radius 3 is 2.41 bits per heavy atom. The van der Waals surface area contributed by atoms with Gasteiger partial charge in [-0.25, -0.2) is 13.2 Å². The minimum atomic E-state index is -3.71. The molecule has 154 valence electrons. The lowest BCUT2D eigenvalue weighted by Gasteiger charge is -2.26. The Morgan fingerprint density at radius 2 is 1.72 bits per heavy atom. The van der Waals surface area contributed by atoms with Crippen molar-refractivity contribution < 1.29 is 22.7 Å². The van der Waals surface area contributed by atoms with Gasteiger partial charge in [-0.3, -0.25) is 4.79 Å². The zero-order valence-electron chi connectivity index (χ0n) is 15.9. The Balaban J connectivity index is 1.91. The summed E-state index contributed by atoms with van der Waals surface area (Å²) in [6.07, 6.45) is 2.62. The fourth-order valence-corrected chi connectivity index (χ4v) is 4.91. The second-order valence-electron chi connectivity index (χ2n) is 6.60. The van der Waals surface area contributed by atoms with E-state index in [-0.39, 0.29) is 26.7 Å². The number of amides is 1. The van der Waals surface area contributed by atoms with E-state index in [0.29, 0.717) is 13.1 Å². The van der Waals surface area contributed by atoms with Crippen LogP contribution in [0, 0.1) is 0 Å². The first-order valence-corrected chi connectivity index (χ1v) is 10.9. The van der Waals surface area contributed by atoms with Crippen LogP contribution in [0.1, 0.15) is 40.0 Å². The first-order valence-electron chi connectivity index (χ1n) is 9.13. The smallest absolute Gasteiger partial charge is 0.339 e. The number of sulfonamides is 1. The number of piperidine rings is 1. The summed E-state index contributed by atoms with van der Waals surface area (Å²) in [5.41, 5.74) is 0.422. The molecule has 1 aliphatic heterocycles. The van der Waals surface area contributed by atoms with Crippen molar-refractivity contribution in [1.29, 1.82) is 0 Å². The SMILES string of the molecule is COC(=O)c1ccccc1NC(=O)c1cc(S(=O)(=O)N2CCCCC2)ccc1Cl. The van der Waals surface area contributed by atoms with Gasteiger partial charge in [-0.05, 0) is 43.2 Å². The van der Waals surface area contributed by atoms with Crippen LogP contribution in [0.4, 0.5) is 5.69 Å². The molecule has 1 amide bonds. The van der Waals surface area contributed by atoms with Crippen molar-refractivity contribution in [3.63, 3.8) is 0 Å². The van der Waals surface area contributed by atoms with E-state index >= 15 is 0 Å². The van der Waals surface area contributed by atoms with E-state index in [2.05, 4.69) is 5.32 Å². The Hall–Kier alpha value is -2.42. The van der Waals surface area contributed by atoms with Crippen LogP contribution in [0.5, 0.6) is 0 Å². The highest BCUT2D eigenvalue weighted by molar-refractivity contribution is 7.89. The van der Waals surface area contributed by atoms with Crippen LogP contribution in [0.2, 0.25) is 5.02 Å². The first-order chi connectivity index (χ1) is 13.8. The molecule has 1 heterocycles. The van der Waals surface area contributed by atoms with E-state index in [4.69, 9.17) is 16.3 Å². The number of halogens is 1. The number of anilines is 1. The molecule has 3 rings (SSSR count). The second kappa shape index (κ2) is 8.94. The molecule has 0 aliphatic carbocycles. The normalized spacial score (nSPS) is 15.0. The molecule has 1 N–H and O–H groups in total. The maximum atomic E-state index is 12.9. The number of rotatable bonds is 5. The van der Waals surface area contributed by atoms with Gasteiger partial charge in [-0.1, -0.05) is 30.2 Å². The van der Waals surface area contributed by atoms with Crippen LogP contribution in [-0.4, -0.2) is 44.8 Å². The Morgan fingerprint density at radius 1 is 1.03 bits per heavy atom. The molecule has 0 spiro atoms. The van der Waals surface area contributed by atoms with Crippen molar-refractivity contribution in [2.45, 2.75) is 24.2 Å². The van der Waals surface area contributed by atoms with Gasteiger partial charge < -0.3 is 10.1 Å². The number of carbonyl (C=O) groups excluding carboxylic acids is 2. The van der Waals surface area contributed by atoms with Crippen molar-refractivity contribution in [2.75, 3.05) is 25.5 Å². The van der Waals surface area contributed by atoms with Gasteiger partial charge in [0.1, 0.15) is 0 Å². The maximum absolute atomic E-state index is 12.9. The molecular formula is C20H21ClN2O5S. The predicted molar refractivity (Wildman–Crippen MR) is 110 cm³/mol. The monoisotopic (exact) mass is 436 g/mol. The highest BCUT2D eigenvalue weighted by atomic mass is 35.5. The molecule has 2 aromatic rings. The summed E-state index contributed by atoms with van der Waals surface area (Å²) in [6.45, 7) is 0.915. The number of carbonyl (C=O) groups is 2. The lowest BCUT2D eigenvalue weighted by molar-refractivity contribution is 0.0602. The minimum absolute atomic E-state index is 0.00409. The van der Waals surface area contributed by atoms with Crippen molar-refractivity contribution in [1.82, 2.24) is 4.31 Å². The van der Waals surface area contributed by atoms with Gasteiger partial charge in [-0.2, -0.15) is 4.31 Å². The number of hydrogen-bond donors (Lipinski definition) is 1. The third-order valence-corrected chi connectivity index (χ3v) is 6.94. The molecular weight excluding hydrogens is 416 g/mol. The van der Waals surface area contributed by atoms with Gasteiger partial charge in [0.05, 0.1) is 33.8 Å². The molecule has 1 aliphatic rings. The molecule has 0 atom stereocenters. The predicted octanol–water partition coefficient (Wildman–Crippen LogP) is 3.55. The van der Waals surface area contributed by atoms with Crippen molar-refractivity contribution in [3.05, 3.63) is 58.6 Å². The van der Waals surface area contributed by atoms with Crippen LogP contribution in [0.15, 0.2) is 47.4 Å². The highest BCUT2D eigenvalue weighted by Gasteiger charge is 2.27. The zero-order chi connectivity index (χ0) is 21.0. The summed E-state index contributed by atoms with van der Waals surface area (Å²) in [5.74, 6) is -1.23. The summed E-state index contributed by atoms with van der Waals surface area (Å²) in [5, 5.41) is 2.72. The van der Waals surface area contributed by atoms with Crippen molar-refractivity contribution >= 4 is 39.2 Å². The topological polar surface area (TPSA) is 92.8 Å². The molecule has 2 aromatic carbocycles. The molecule has 0 aromatic heterocycles. The Kier molecular flexibility index (Phi) is 6.56. The number of esters is 1. The molecule has 1 fully saturated rings. The van der Waals surface area contributed by atoms with Gasteiger partial charge in [0.25, 0.3) is 5.91 Å². The summed E-state index contributed by atoms with van der Waals surface area (Å²) < 4.78 is 32.0. The van der Waals surface area contributed by atoms with E-state index in [0.717, 1.165) is 19.3 Å². The summed E-state index contributed by atoms with van der Waals surface area (Å²) >= 11 is 6.16. The molecule has 1 saturated heterocycles. The molecule has 0 bridgehead atoms. The van der Waals surface area contributed by atoms with Gasteiger partial charge in [0.15, 0.2) is 0 Å². The Labute approximate surface area is 174 Å². The molecule has 0 radical (unpaired) electrons. The first kappa shape index (κ1) is 21.3. The molecule has 0 unspecified atom stereocenters. The number of nitrogens with one attached hydrogen (secondary N) is 1. The lowest BCUT2D eigenvalue weighted by Crippen LogP contribution is -2.35. The van der Waals surface area contributed by atoms with Crippen molar-refractivity contribution in [2.24, 2.45) is 0 Å². The summed E-state index contributed by atoms with van der Waals surface area (Å²) in [7, 11) is -2.47. The third-order valence-electron chi connectivity index (χ3n) is 4.72. The maximum Gasteiger partial charge on any atom is 0.339 e. The fourth-order valence-electron chi connectivity index (χ4n) is 3.16. The van der Waals surface area contributed by atoms with Crippen LogP contribution >= 0.6 is 11.6 Å². The van der Waals surface area contributed by atoms with Gasteiger partial charge in [-0.15, -0.1) is 0 Å². The van der Waals surface area contributed by atoms with E-state index in [1.807, 2.05) is 0 Å². The average Bonchev–Trinajstić information content (AvgIpc) is 2.74. The van der Waals surface area contributed by atoms with Gasteiger partial charge >= 0.3 is 5.97 Å². The number of ether oxygens (including phenoxy) is 1. The minimum Gasteiger partial charge on any atom is -0.465 e. The van der Waals surface area contributed by atoms with Crippen LogP contribution in [0.25, 0.3) is 0 Å². The van der Waals surface area contributed by atoms with E-state index in [1.54, 1.807) is 18.2 Å². The number of hydrogen-bond acceptors (Lipinski definition) is 5. The van der Waals surface area contributed by atoms with Crippen LogP contribution in [-0.2, 0) is 14.8 Å². The third kappa shape index (κ3) is 4.60. The molecule has 9 heteroatoms. The Bertz CT molecular complexity index is 1030. The zero-order valence-corrected chi connectivity index (χ0v) is 17.4. The van der Waals surface area contributed by atoms with Crippen LogP contribution in [0.3, 0.4) is 0 Å². The molecule has 0 saturated carbocycles. The van der Waals surface area contributed by atoms with Gasteiger partial charge in [0.2, 0.25) is 10.0 Å². The number of benzene rings is 2. The van der Waals surface area contributed by atoms with E-state index in [9.17, 15) is 18.0 Å². The summed E-state index contributed by atoms with van der Waals surface area (Å²) in [4.78, 5) is 24.7. The number of para-hydroxylation sites is 1. The van der Waals surface area contributed by atoms with Gasteiger partial charge in [0, 0.05) is 13.1 Å².